The molecule has 0 saturated heterocycles. The third-order valence-corrected chi connectivity index (χ3v) is 9.71. The van der Waals surface area contributed by atoms with Gasteiger partial charge in [0, 0.05) is 7.05 Å². The molecule has 0 aliphatic heterocycles. The van der Waals surface area contributed by atoms with Crippen LogP contribution in [-0.2, 0) is 19.9 Å². The Kier molecular flexibility index (Phi) is 9.60. The molecule has 0 aromatic rings. The molecule has 0 radical (unpaired) electrons. The minimum Gasteiger partial charge on any atom is -0.229 e. The van der Waals surface area contributed by atoms with Crippen molar-refractivity contribution in [1.29, 1.82) is 0 Å². The number of nitrogens with zero attached hydrogens (tertiary/aromatic N) is 1. The maximum absolute atomic E-state index is 12.0. The van der Waals surface area contributed by atoms with E-state index in [1.165, 1.54) is 7.05 Å². The van der Waals surface area contributed by atoms with Crippen molar-refractivity contribution in [3.63, 3.8) is 0 Å². The summed E-state index contributed by atoms with van der Waals surface area (Å²) >= 11 is 23.1. The molecule has 0 heterocycles. The van der Waals surface area contributed by atoms with E-state index in [0.717, 1.165) is 10.1 Å². The number of hydrogen-bond acceptors (Lipinski definition) is 5. The van der Waals surface area contributed by atoms with Crippen molar-refractivity contribution in [3.05, 3.63) is 0 Å². The molecular weight excluding hydrogens is 424 g/mol. The minimum atomic E-state index is -3.85. The van der Waals surface area contributed by atoms with E-state index < -0.39 is 39.9 Å². The van der Waals surface area contributed by atoms with Crippen molar-refractivity contribution in [2.45, 2.75) is 28.3 Å². The van der Waals surface area contributed by atoms with Crippen LogP contribution in [0.4, 0.5) is 0 Å². The molecule has 0 aliphatic rings. The zero-order valence-corrected chi connectivity index (χ0v) is 16.9. The summed E-state index contributed by atoms with van der Waals surface area (Å²) < 4.78 is 46.3. The van der Waals surface area contributed by atoms with E-state index in [1.807, 2.05) is 6.92 Å². The Balaban J connectivity index is 4.70. The highest BCUT2D eigenvalue weighted by molar-refractivity contribution is 8.11. The van der Waals surface area contributed by atoms with Crippen molar-refractivity contribution in [2.24, 2.45) is 0 Å². The van der Waals surface area contributed by atoms with Crippen molar-refractivity contribution in [3.8, 4) is 0 Å². The van der Waals surface area contributed by atoms with Gasteiger partial charge >= 0.3 is 0 Å². The molecule has 0 spiro atoms. The van der Waals surface area contributed by atoms with Gasteiger partial charge in [-0.05, 0) is 18.4 Å². The molecule has 0 unspecified atom stereocenters. The first-order valence-electron chi connectivity index (χ1n) is 5.86. The second-order valence-electron chi connectivity index (χ2n) is 4.18. The van der Waals surface area contributed by atoms with Crippen molar-refractivity contribution >= 4 is 78.2 Å². The fourth-order valence-corrected chi connectivity index (χ4v) is 6.70. The average molecular weight is 441 g/mol. The minimum absolute atomic E-state index is 0.0315. The Morgan fingerprint density at radius 2 is 1.62 bits per heavy atom. The Hall–Kier alpha value is 1.37. The molecule has 21 heavy (non-hydrogen) atoms. The zero-order chi connectivity index (χ0) is 16.9. The van der Waals surface area contributed by atoms with Gasteiger partial charge in [-0.3, -0.25) is 0 Å². The molecule has 0 N–H and O–H groups in total. The fourth-order valence-electron chi connectivity index (χ4n) is 1.10. The lowest BCUT2D eigenvalue weighted by atomic mass is 10.4. The summed E-state index contributed by atoms with van der Waals surface area (Å²) in [4.78, 5) is -1.23. The molecule has 0 amide bonds. The van der Waals surface area contributed by atoms with Gasteiger partial charge in [-0.1, -0.05) is 36.5 Å². The fraction of sp³-hybridized carbons (Fsp3) is 1.00. The summed E-state index contributed by atoms with van der Waals surface area (Å²) in [6.45, 7) is 1.85. The highest BCUT2D eigenvalue weighted by Gasteiger charge is 2.38. The second kappa shape index (κ2) is 9.01. The van der Waals surface area contributed by atoms with Gasteiger partial charge in [-0.2, -0.15) is 0 Å². The molecule has 0 aliphatic carbocycles. The van der Waals surface area contributed by atoms with E-state index in [4.69, 9.17) is 46.4 Å². The van der Waals surface area contributed by atoms with E-state index in [2.05, 4.69) is 0 Å². The van der Waals surface area contributed by atoms with Crippen molar-refractivity contribution in [1.82, 2.24) is 3.71 Å². The van der Waals surface area contributed by atoms with Crippen LogP contribution in [0, 0.1) is 0 Å². The molecule has 0 aromatic carbocycles. The lowest BCUT2D eigenvalue weighted by molar-refractivity contribution is 0.562. The number of halogens is 4. The molecule has 0 aromatic heterocycles. The Morgan fingerprint density at radius 3 is 2.05 bits per heavy atom. The number of hydrogen-bond donors (Lipinski definition) is 0. The highest BCUT2D eigenvalue weighted by Crippen LogP contribution is 2.44. The monoisotopic (exact) mass is 439 g/mol. The summed E-state index contributed by atoms with van der Waals surface area (Å²) in [6, 6.07) is 0. The first-order chi connectivity index (χ1) is 9.34. The predicted molar refractivity (Wildman–Crippen MR) is 92.6 cm³/mol. The molecule has 5 nitrogen and oxygen atoms in total. The van der Waals surface area contributed by atoms with E-state index in [1.54, 1.807) is 0 Å². The van der Waals surface area contributed by atoms with Gasteiger partial charge in [0.25, 0.3) is 0 Å². The maximum atomic E-state index is 12.0. The number of alkyl halides is 4. The summed E-state index contributed by atoms with van der Waals surface area (Å²) in [5.41, 5.74) is 0. The molecule has 12 heteroatoms. The molecule has 0 atom stereocenters. The number of rotatable bonds is 10. The van der Waals surface area contributed by atoms with Crippen molar-refractivity contribution in [2.75, 3.05) is 24.3 Å². The van der Waals surface area contributed by atoms with Gasteiger partial charge < -0.3 is 0 Å². The Bertz CT molecular complexity index is 521. The summed E-state index contributed by atoms with van der Waals surface area (Å²) in [5.74, 6) is -1.04. The first-order valence-corrected chi connectivity index (χ1v) is 11.7. The standard InChI is InChI=1S/C9H17Cl4NO4S3/c1-3-4-5-20(15,16)6-7-21(17,18)14(2)19-9(12,13)8(10)11/h8H,3-7H2,1-2H3. The second-order valence-corrected chi connectivity index (χ2v) is 13.1. The highest BCUT2D eigenvalue weighted by atomic mass is 35.5. The first kappa shape index (κ1) is 22.4. The van der Waals surface area contributed by atoms with Crippen LogP contribution < -0.4 is 0 Å². The number of sulfonamides is 1. The molecule has 0 rings (SSSR count). The lowest BCUT2D eigenvalue weighted by Gasteiger charge is -2.25. The van der Waals surface area contributed by atoms with Crippen LogP contribution in [0.2, 0.25) is 0 Å². The van der Waals surface area contributed by atoms with Crippen LogP contribution in [0.1, 0.15) is 19.8 Å². The van der Waals surface area contributed by atoms with Gasteiger partial charge in [-0.25, -0.2) is 16.8 Å². The van der Waals surface area contributed by atoms with Gasteiger partial charge in [0.1, 0.15) is 0 Å². The topological polar surface area (TPSA) is 71.5 Å². The quantitative estimate of drug-likeness (QED) is 0.385. The van der Waals surface area contributed by atoms with Gasteiger partial charge in [0.05, 0.1) is 17.3 Å². The zero-order valence-electron chi connectivity index (χ0n) is 11.4. The van der Waals surface area contributed by atoms with E-state index in [9.17, 15) is 16.8 Å². The summed E-state index contributed by atoms with van der Waals surface area (Å²) in [7, 11) is -6.06. The lowest BCUT2D eigenvalue weighted by Crippen LogP contribution is -2.32. The van der Waals surface area contributed by atoms with Crippen LogP contribution in [0.15, 0.2) is 0 Å². The van der Waals surface area contributed by atoms with Gasteiger partial charge in [0.15, 0.2) is 14.7 Å². The van der Waals surface area contributed by atoms with Gasteiger partial charge in [0.2, 0.25) is 13.7 Å². The Morgan fingerprint density at radius 1 is 1.10 bits per heavy atom. The molecule has 0 bridgehead atoms. The van der Waals surface area contributed by atoms with E-state index in [-0.39, 0.29) is 5.75 Å². The summed E-state index contributed by atoms with van der Waals surface area (Å²) in [6.07, 6.45) is 1.22. The molecule has 0 fully saturated rings. The van der Waals surface area contributed by atoms with Crippen LogP contribution in [0.3, 0.4) is 0 Å². The van der Waals surface area contributed by atoms with Crippen LogP contribution >= 0.6 is 58.4 Å². The van der Waals surface area contributed by atoms with Gasteiger partial charge in [-0.15, -0.1) is 26.9 Å². The normalized spacial score (nSPS) is 14.1. The maximum Gasteiger partial charge on any atom is 0.224 e. The van der Waals surface area contributed by atoms with Crippen LogP contribution in [0.25, 0.3) is 0 Å². The largest absolute Gasteiger partial charge is 0.229 e. The predicted octanol–water partition coefficient (Wildman–Crippen LogP) is 3.05. The van der Waals surface area contributed by atoms with Crippen LogP contribution in [-0.4, -0.2) is 53.4 Å². The van der Waals surface area contributed by atoms with Crippen LogP contribution in [0.5, 0.6) is 0 Å². The molecular formula is C9H17Cl4NO4S3. The SMILES string of the molecule is CCCCS(=O)(=O)CCS(=O)(=O)N(C)SC(Cl)(Cl)C(Cl)Cl. The smallest absolute Gasteiger partial charge is 0.224 e. The third kappa shape index (κ3) is 8.69. The Labute approximate surface area is 150 Å². The summed E-state index contributed by atoms with van der Waals surface area (Å²) in [5, 5.41) is 0. The molecule has 0 saturated carbocycles. The van der Waals surface area contributed by atoms with E-state index in [0.29, 0.717) is 18.4 Å². The molecule has 128 valence electrons. The van der Waals surface area contributed by atoms with E-state index >= 15 is 0 Å². The number of unbranched alkanes of at least 4 members (excludes halogenated alkanes) is 1. The third-order valence-electron chi connectivity index (χ3n) is 2.36. The average Bonchev–Trinajstić information content (AvgIpc) is 2.33. The van der Waals surface area contributed by atoms with Crippen molar-refractivity contribution < 1.29 is 16.8 Å². The number of sulfone groups is 1.